The summed E-state index contributed by atoms with van der Waals surface area (Å²) in [7, 11) is 0. The Balaban J connectivity index is 1.41. The van der Waals surface area contributed by atoms with E-state index in [0.717, 1.165) is 5.56 Å². The van der Waals surface area contributed by atoms with Gasteiger partial charge in [-0.1, -0.05) is 29.8 Å². The van der Waals surface area contributed by atoms with E-state index in [9.17, 15) is 18.8 Å². The van der Waals surface area contributed by atoms with Crippen molar-refractivity contribution in [3.8, 4) is 0 Å². The van der Waals surface area contributed by atoms with E-state index in [0.29, 0.717) is 21.3 Å². The highest BCUT2D eigenvalue weighted by molar-refractivity contribution is 7.16. The maximum Gasteiger partial charge on any atom is 0.335 e. The molecule has 0 aliphatic heterocycles. The van der Waals surface area contributed by atoms with E-state index in [1.165, 1.54) is 41.7 Å². The number of rotatable bonds is 8. The summed E-state index contributed by atoms with van der Waals surface area (Å²) in [5.74, 6) is -2.28. The lowest BCUT2D eigenvalue weighted by molar-refractivity contribution is 0.0696. The van der Waals surface area contributed by atoms with Crippen LogP contribution in [0.3, 0.4) is 0 Å². The number of amides is 1. The van der Waals surface area contributed by atoms with Gasteiger partial charge in [0, 0.05) is 12.1 Å². The number of nitrogens with zero attached hydrogens (tertiary/aromatic N) is 1. The largest absolute Gasteiger partial charge is 0.478 e. The molecule has 34 heavy (non-hydrogen) atoms. The summed E-state index contributed by atoms with van der Waals surface area (Å²) < 4.78 is 18.9. The second-order valence-electron chi connectivity index (χ2n) is 7.28. The molecular formula is C23H17ClFN3O5S. The predicted molar refractivity (Wildman–Crippen MR) is 125 cm³/mol. The Labute approximate surface area is 201 Å². The van der Waals surface area contributed by atoms with Crippen molar-refractivity contribution in [2.75, 3.05) is 0 Å². The number of ether oxygens (including phenoxy) is 1. The van der Waals surface area contributed by atoms with Crippen molar-refractivity contribution in [1.82, 2.24) is 15.3 Å². The first-order valence-electron chi connectivity index (χ1n) is 9.94. The Bertz CT molecular complexity index is 1440. The first-order chi connectivity index (χ1) is 16.3. The normalized spacial score (nSPS) is 11.0. The van der Waals surface area contributed by atoms with Gasteiger partial charge in [0.05, 0.1) is 29.2 Å². The van der Waals surface area contributed by atoms with E-state index < -0.39 is 23.3 Å². The van der Waals surface area contributed by atoms with Crippen molar-refractivity contribution in [2.24, 2.45) is 0 Å². The highest BCUT2D eigenvalue weighted by Crippen LogP contribution is 2.22. The van der Waals surface area contributed by atoms with Crippen molar-refractivity contribution in [2.45, 2.75) is 19.8 Å². The Morgan fingerprint density at radius 3 is 2.59 bits per heavy atom. The fourth-order valence-corrected chi connectivity index (χ4v) is 4.29. The maximum absolute atomic E-state index is 13.3. The molecule has 0 aliphatic rings. The van der Waals surface area contributed by atoms with Gasteiger partial charge >= 0.3 is 5.97 Å². The monoisotopic (exact) mass is 501 g/mol. The minimum absolute atomic E-state index is 0.0506. The number of hydrogen-bond donors (Lipinski definition) is 3. The third-order valence-electron chi connectivity index (χ3n) is 4.90. The Morgan fingerprint density at radius 2 is 1.88 bits per heavy atom. The molecule has 0 aliphatic carbocycles. The number of H-pyrrole nitrogens is 1. The Kier molecular flexibility index (Phi) is 7.01. The molecule has 2 aromatic carbocycles. The molecular weight excluding hydrogens is 485 g/mol. The van der Waals surface area contributed by atoms with Crippen LogP contribution in [0.5, 0.6) is 0 Å². The second-order valence-corrected chi connectivity index (χ2v) is 8.55. The average Bonchev–Trinajstić information content (AvgIpc) is 3.23. The molecule has 4 aromatic rings. The number of carboxylic acid groups (broad SMARTS) is 1. The predicted octanol–water partition coefficient (Wildman–Crippen LogP) is 4.12. The number of aromatic amines is 1. The zero-order chi connectivity index (χ0) is 24.2. The third-order valence-corrected chi connectivity index (χ3v) is 6.11. The van der Waals surface area contributed by atoms with Gasteiger partial charge in [0.2, 0.25) is 5.82 Å². The lowest BCUT2D eigenvalue weighted by Crippen LogP contribution is -2.27. The quantitative estimate of drug-likeness (QED) is 0.334. The smallest absolute Gasteiger partial charge is 0.335 e. The van der Waals surface area contributed by atoms with Crippen LogP contribution >= 0.6 is 22.9 Å². The molecule has 8 nitrogen and oxygen atoms in total. The summed E-state index contributed by atoms with van der Waals surface area (Å²) in [5.41, 5.74) is 1.73. The summed E-state index contributed by atoms with van der Waals surface area (Å²) in [6.07, 6.45) is 0. The summed E-state index contributed by atoms with van der Waals surface area (Å²) in [6.45, 7) is 0.455. The molecule has 0 radical (unpaired) electrons. The molecule has 0 atom stereocenters. The lowest BCUT2D eigenvalue weighted by Gasteiger charge is -2.06. The van der Waals surface area contributed by atoms with Gasteiger partial charge in [0.25, 0.3) is 11.5 Å². The molecule has 1 amide bonds. The molecule has 4 rings (SSSR count). The van der Waals surface area contributed by atoms with Crippen LogP contribution in [0.15, 0.2) is 52.6 Å². The lowest BCUT2D eigenvalue weighted by atomic mass is 10.1. The average molecular weight is 502 g/mol. The number of nitrogens with one attached hydrogen (secondary N) is 2. The number of carbonyl (C=O) groups excluding carboxylic acids is 1. The van der Waals surface area contributed by atoms with Crippen LogP contribution in [-0.4, -0.2) is 27.0 Å². The molecule has 0 saturated carbocycles. The molecule has 3 N–H and O–H groups in total. The summed E-state index contributed by atoms with van der Waals surface area (Å²) in [4.78, 5) is 43.1. The van der Waals surface area contributed by atoms with E-state index in [1.807, 2.05) is 0 Å². The van der Waals surface area contributed by atoms with E-state index >= 15 is 0 Å². The number of hydrogen-bond acceptors (Lipinski definition) is 6. The van der Waals surface area contributed by atoms with Crippen LogP contribution in [0.25, 0.3) is 10.2 Å². The summed E-state index contributed by atoms with van der Waals surface area (Å²) in [6, 6.07) is 10.4. The fourth-order valence-electron chi connectivity index (χ4n) is 3.16. The van der Waals surface area contributed by atoms with Gasteiger partial charge in [-0.05, 0) is 40.8 Å². The van der Waals surface area contributed by atoms with Crippen LogP contribution in [0.2, 0.25) is 5.02 Å². The van der Waals surface area contributed by atoms with Crippen molar-refractivity contribution < 1.29 is 23.8 Å². The van der Waals surface area contributed by atoms with Gasteiger partial charge in [-0.3, -0.25) is 9.59 Å². The number of halogens is 2. The van der Waals surface area contributed by atoms with Crippen LogP contribution in [0.1, 0.15) is 37.7 Å². The first-order valence-corrected chi connectivity index (χ1v) is 11.2. The topological polar surface area (TPSA) is 121 Å². The molecule has 0 bridgehead atoms. The third kappa shape index (κ3) is 5.30. The zero-order valence-electron chi connectivity index (χ0n) is 17.4. The molecule has 0 spiro atoms. The molecule has 0 saturated heterocycles. The number of aromatic carboxylic acids is 1. The van der Waals surface area contributed by atoms with Crippen molar-refractivity contribution in [1.29, 1.82) is 0 Å². The molecule has 2 heterocycles. The zero-order valence-corrected chi connectivity index (χ0v) is 19.0. The van der Waals surface area contributed by atoms with Crippen LogP contribution in [-0.2, 0) is 24.5 Å². The summed E-state index contributed by atoms with van der Waals surface area (Å²) >= 11 is 6.96. The van der Waals surface area contributed by atoms with E-state index in [2.05, 4.69) is 15.3 Å². The van der Waals surface area contributed by atoms with Crippen molar-refractivity contribution >= 4 is 45.0 Å². The number of carbonyl (C=O) groups is 2. The SMILES string of the molecule is O=C(O)c1ccc(COCc2csc3nc(C(=O)NCc4ccc(F)c(Cl)c4)[nH]c(=O)c23)cc1. The molecule has 174 valence electrons. The first kappa shape index (κ1) is 23.6. The summed E-state index contributed by atoms with van der Waals surface area (Å²) in [5, 5.41) is 13.6. The highest BCUT2D eigenvalue weighted by Gasteiger charge is 2.16. The van der Waals surface area contributed by atoms with Crippen LogP contribution < -0.4 is 10.9 Å². The van der Waals surface area contributed by atoms with Gasteiger partial charge in [0.1, 0.15) is 10.6 Å². The van der Waals surface area contributed by atoms with Crippen molar-refractivity contribution in [3.63, 3.8) is 0 Å². The molecule has 11 heteroatoms. The minimum Gasteiger partial charge on any atom is -0.478 e. The van der Waals surface area contributed by atoms with Gasteiger partial charge in [-0.15, -0.1) is 11.3 Å². The van der Waals surface area contributed by atoms with E-state index in [4.69, 9.17) is 21.4 Å². The van der Waals surface area contributed by atoms with E-state index in [-0.39, 0.29) is 36.2 Å². The Morgan fingerprint density at radius 1 is 1.15 bits per heavy atom. The maximum atomic E-state index is 13.3. The molecule has 0 fully saturated rings. The Hall–Kier alpha value is -3.60. The highest BCUT2D eigenvalue weighted by atomic mass is 35.5. The second kappa shape index (κ2) is 10.1. The van der Waals surface area contributed by atoms with E-state index in [1.54, 1.807) is 17.5 Å². The van der Waals surface area contributed by atoms with Gasteiger partial charge in [-0.2, -0.15) is 0 Å². The number of carboxylic acids is 1. The van der Waals surface area contributed by atoms with Crippen molar-refractivity contribution in [3.05, 3.63) is 97.1 Å². The van der Waals surface area contributed by atoms with Gasteiger partial charge in [0.15, 0.2) is 0 Å². The minimum atomic E-state index is -1.00. The number of benzene rings is 2. The van der Waals surface area contributed by atoms with Crippen LogP contribution in [0.4, 0.5) is 4.39 Å². The van der Waals surface area contributed by atoms with Crippen LogP contribution in [0, 0.1) is 5.82 Å². The number of aromatic nitrogens is 2. The molecule has 2 aromatic heterocycles. The van der Waals surface area contributed by atoms with Gasteiger partial charge < -0.3 is 20.1 Å². The number of thiophene rings is 1. The van der Waals surface area contributed by atoms with Gasteiger partial charge in [-0.25, -0.2) is 14.2 Å². The standard InChI is InChI=1S/C23H17ClFN3O5S/c24-16-7-13(3-6-17(16)25)8-26-21(30)19-27-20(29)18-15(11-34-22(18)28-19)10-33-9-12-1-4-14(5-2-12)23(31)32/h1-7,11H,8-10H2,(H,26,30)(H,31,32)(H,27,28,29). The fraction of sp³-hybridized carbons (Fsp3) is 0.130. The number of fused-ring (bicyclic) bond motifs is 1. The molecule has 0 unspecified atom stereocenters.